The van der Waals surface area contributed by atoms with Crippen molar-refractivity contribution in [1.82, 2.24) is 4.90 Å². The van der Waals surface area contributed by atoms with E-state index in [2.05, 4.69) is 32.6 Å². The van der Waals surface area contributed by atoms with E-state index in [1.807, 2.05) is 0 Å². The molecule has 17 heavy (non-hydrogen) atoms. The summed E-state index contributed by atoms with van der Waals surface area (Å²) >= 11 is 0. The summed E-state index contributed by atoms with van der Waals surface area (Å²) < 4.78 is 5.75. The second kappa shape index (κ2) is 5.38. The Morgan fingerprint density at radius 2 is 1.59 bits per heavy atom. The Labute approximate surface area is 106 Å². The highest BCUT2D eigenvalue weighted by Gasteiger charge is 2.43. The fraction of sp³-hybridized carbons (Fsp3) is 0.929. The molecule has 0 bridgehead atoms. The van der Waals surface area contributed by atoms with Gasteiger partial charge in [-0.3, -0.25) is 5.41 Å². The van der Waals surface area contributed by atoms with Crippen molar-refractivity contribution in [3.63, 3.8) is 0 Å². The Bertz CT molecular complexity index is 259. The molecule has 3 nitrogen and oxygen atoms in total. The van der Waals surface area contributed by atoms with Gasteiger partial charge < -0.3 is 9.64 Å². The number of ether oxygens (including phenoxy) is 1. The summed E-state index contributed by atoms with van der Waals surface area (Å²) in [5, 5.41) is 8.42. The molecule has 1 aliphatic carbocycles. The first kappa shape index (κ1) is 14.5. The molecular formula is C14H28N2O. The van der Waals surface area contributed by atoms with Crippen molar-refractivity contribution in [3.05, 3.63) is 0 Å². The van der Waals surface area contributed by atoms with Gasteiger partial charge in [0.05, 0.1) is 0 Å². The summed E-state index contributed by atoms with van der Waals surface area (Å²) in [5.74, 6) is 0.681. The second-order valence-electron chi connectivity index (χ2n) is 5.88. The molecular weight excluding hydrogens is 212 g/mol. The monoisotopic (exact) mass is 240 g/mol. The van der Waals surface area contributed by atoms with E-state index in [9.17, 15) is 0 Å². The van der Waals surface area contributed by atoms with Crippen LogP contribution in [0.25, 0.3) is 0 Å². The van der Waals surface area contributed by atoms with Gasteiger partial charge in [0.1, 0.15) is 11.4 Å². The van der Waals surface area contributed by atoms with Gasteiger partial charge in [0, 0.05) is 20.2 Å². The van der Waals surface area contributed by atoms with Gasteiger partial charge in [-0.05, 0) is 44.9 Å². The molecule has 1 N–H and O–H groups in total. The van der Waals surface area contributed by atoms with Gasteiger partial charge >= 0.3 is 0 Å². The van der Waals surface area contributed by atoms with Crippen molar-refractivity contribution in [1.29, 1.82) is 5.41 Å². The van der Waals surface area contributed by atoms with Crippen LogP contribution in [0.2, 0.25) is 0 Å². The topological polar surface area (TPSA) is 36.3 Å². The fourth-order valence-electron chi connectivity index (χ4n) is 2.70. The van der Waals surface area contributed by atoms with Crippen molar-refractivity contribution in [2.45, 2.75) is 59.0 Å². The van der Waals surface area contributed by atoms with Gasteiger partial charge in [0.2, 0.25) is 0 Å². The molecule has 3 heteroatoms. The lowest BCUT2D eigenvalue weighted by atomic mass is 9.70. The first-order valence-corrected chi connectivity index (χ1v) is 6.80. The van der Waals surface area contributed by atoms with Crippen LogP contribution in [0.1, 0.15) is 53.4 Å². The normalized spacial score (nSPS) is 22.2. The maximum atomic E-state index is 8.42. The Balaban J connectivity index is 2.80. The van der Waals surface area contributed by atoms with Crippen molar-refractivity contribution in [2.24, 2.45) is 5.41 Å². The number of amidine groups is 1. The van der Waals surface area contributed by atoms with Crippen molar-refractivity contribution in [2.75, 3.05) is 20.2 Å². The van der Waals surface area contributed by atoms with Gasteiger partial charge in [-0.2, -0.15) is 0 Å². The van der Waals surface area contributed by atoms with E-state index in [1.54, 1.807) is 7.11 Å². The molecule has 0 saturated heterocycles. The molecule has 0 amide bonds. The molecule has 1 aliphatic rings. The molecule has 1 saturated carbocycles. The molecule has 0 heterocycles. The minimum Gasteiger partial charge on any atom is -0.370 e. The van der Waals surface area contributed by atoms with Crippen LogP contribution in [0.4, 0.5) is 0 Å². The predicted molar refractivity (Wildman–Crippen MR) is 72.6 cm³/mol. The molecule has 0 radical (unpaired) electrons. The summed E-state index contributed by atoms with van der Waals surface area (Å²) in [4.78, 5) is 2.11. The zero-order chi connectivity index (χ0) is 13.1. The molecule has 0 aromatic rings. The predicted octanol–water partition coefficient (Wildman–Crippen LogP) is 3.29. The quantitative estimate of drug-likeness (QED) is 0.604. The molecule has 0 aliphatic heterocycles. The van der Waals surface area contributed by atoms with Crippen molar-refractivity contribution < 1.29 is 4.74 Å². The van der Waals surface area contributed by atoms with Crippen LogP contribution in [0.15, 0.2) is 0 Å². The van der Waals surface area contributed by atoms with Crippen molar-refractivity contribution in [3.8, 4) is 0 Å². The third-order valence-electron chi connectivity index (χ3n) is 4.31. The lowest BCUT2D eigenvalue weighted by Gasteiger charge is -2.45. The molecule has 0 aromatic heterocycles. The molecule has 1 rings (SSSR count). The summed E-state index contributed by atoms with van der Waals surface area (Å²) in [6, 6.07) is 0. The number of likely N-dealkylation sites (N-methyl/N-ethyl adjacent to an activating group) is 1. The fourth-order valence-corrected chi connectivity index (χ4v) is 2.70. The van der Waals surface area contributed by atoms with Crippen molar-refractivity contribution >= 4 is 5.84 Å². The summed E-state index contributed by atoms with van der Waals surface area (Å²) in [5.41, 5.74) is 0.0765. The Morgan fingerprint density at radius 3 is 1.94 bits per heavy atom. The molecule has 0 atom stereocenters. The minimum absolute atomic E-state index is 0.332. The molecule has 0 unspecified atom stereocenters. The SMILES string of the molecule is CCN(CC)C(=N)C1(OC)CCC(C)(C)CC1. The van der Waals surface area contributed by atoms with E-state index in [0.717, 1.165) is 38.8 Å². The van der Waals surface area contributed by atoms with Gasteiger partial charge in [0.25, 0.3) is 0 Å². The largest absolute Gasteiger partial charge is 0.370 e. The molecule has 0 aromatic carbocycles. The van der Waals surface area contributed by atoms with E-state index in [0.29, 0.717) is 11.3 Å². The van der Waals surface area contributed by atoms with Gasteiger partial charge in [-0.15, -0.1) is 0 Å². The highest BCUT2D eigenvalue weighted by molar-refractivity contribution is 5.88. The lowest BCUT2D eigenvalue weighted by molar-refractivity contribution is -0.0171. The first-order chi connectivity index (χ1) is 7.90. The van der Waals surface area contributed by atoms with Gasteiger partial charge in [0.15, 0.2) is 0 Å². The van der Waals surface area contributed by atoms with Gasteiger partial charge in [-0.1, -0.05) is 13.8 Å². The number of methoxy groups -OCH3 is 1. The molecule has 100 valence electrons. The summed E-state index contributed by atoms with van der Waals surface area (Å²) in [7, 11) is 1.76. The zero-order valence-corrected chi connectivity index (χ0v) is 12.1. The smallest absolute Gasteiger partial charge is 0.129 e. The van der Waals surface area contributed by atoms with E-state index in [4.69, 9.17) is 10.1 Å². The van der Waals surface area contributed by atoms with Crippen LogP contribution in [0.5, 0.6) is 0 Å². The maximum Gasteiger partial charge on any atom is 0.129 e. The highest BCUT2D eigenvalue weighted by atomic mass is 16.5. The minimum atomic E-state index is -0.332. The van der Waals surface area contributed by atoms with E-state index >= 15 is 0 Å². The molecule has 0 spiro atoms. The van der Waals surface area contributed by atoms with Gasteiger partial charge in [-0.25, -0.2) is 0 Å². The Morgan fingerprint density at radius 1 is 1.12 bits per heavy atom. The lowest BCUT2D eigenvalue weighted by Crippen LogP contribution is -2.52. The number of hydrogen-bond donors (Lipinski definition) is 1. The van der Waals surface area contributed by atoms with E-state index in [-0.39, 0.29) is 5.60 Å². The number of nitrogens with zero attached hydrogens (tertiary/aromatic N) is 1. The Kier molecular flexibility index (Phi) is 4.59. The standard InChI is InChI=1S/C14H28N2O/c1-6-16(7-2)12(15)14(17-5)10-8-13(3,4)9-11-14/h15H,6-11H2,1-5H3. The molecule has 1 fully saturated rings. The van der Waals surface area contributed by atoms with Crippen LogP contribution in [0, 0.1) is 10.8 Å². The third kappa shape index (κ3) is 3.01. The van der Waals surface area contributed by atoms with Crippen LogP contribution < -0.4 is 0 Å². The third-order valence-corrected chi connectivity index (χ3v) is 4.31. The summed E-state index contributed by atoms with van der Waals surface area (Å²) in [6.45, 7) is 10.6. The number of hydrogen-bond acceptors (Lipinski definition) is 2. The van der Waals surface area contributed by atoms with Crippen LogP contribution in [-0.4, -0.2) is 36.5 Å². The van der Waals surface area contributed by atoms with Crippen LogP contribution in [-0.2, 0) is 4.74 Å². The second-order valence-corrected chi connectivity index (χ2v) is 5.88. The van der Waals surface area contributed by atoms with Crippen LogP contribution in [0.3, 0.4) is 0 Å². The number of nitrogens with one attached hydrogen (secondary N) is 1. The number of rotatable bonds is 4. The van der Waals surface area contributed by atoms with E-state index in [1.165, 1.54) is 0 Å². The zero-order valence-electron chi connectivity index (χ0n) is 12.1. The Hall–Kier alpha value is -0.570. The highest BCUT2D eigenvalue weighted by Crippen LogP contribution is 2.42. The van der Waals surface area contributed by atoms with Crippen LogP contribution >= 0.6 is 0 Å². The van der Waals surface area contributed by atoms with E-state index < -0.39 is 0 Å². The average molecular weight is 240 g/mol. The first-order valence-electron chi connectivity index (χ1n) is 6.80. The average Bonchev–Trinajstić information content (AvgIpc) is 2.31. The summed E-state index contributed by atoms with van der Waals surface area (Å²) in [6.07, 6.45) is 4.24. The maximum absolute atomic E-state index is 8.42.